The number of carbonyl (C=O) groups excluding carboxylic acids is 1. The average molecular weight is 293 g/mol. The molecule has 0 radical (unpaired) electrons. The summed E-state index contributed by atoms with van der Waals surface area (Å²) in [7, 11) is 0. The van der Waals surface area contributed by atoms with Crippen LogP contribution in [0, 0.1) is 5.82 Å². The van der Waals surface area contributed by atoms with Crippen LogP contribution in [-0.2, 0) is 0 Å². The van der Waals surface area contributed by atoms with Crippen molar-refractivity contribution in [3.05, 3.63) is 64.4 Å². The monoisotopic (exact) mass is 292 g/mol. The van der Waals surface area contributed by atoms with Gasteiger partial charge in [-0.3, -0.25) is 4.79 Å². The Bertz CT molecular complexity index is 646. The highest BCUT2D eigenvalue weighted by Gasteiger charge is 2.13. The molecule has 20 heavy (non-hydrogen) atoms. The molecule has 3 N–H and O–H groups in total. The van der Waals surface area contributed by atoms with E-state index in [2.05, 4.69) is 5.32 Å². The number of amides is 1. The number of anilines is 1. The van der Waals surface area contributed by atoms with Crippen LogP contribution in [0.25, 0.3) is 0 Å². The van der Waals surface area contributed by atoms with Crippen molar-refractivity contribution in [1.82, 2.24) is 5.32 Å². The number of hydrogen-bond acceptors (Lipinski definition) is 2. The zero-order valence-electron chi connectivity index (χ0n) is 10.9. The second kappa shape index (κ2) is 5.92. The highest BCUT2D eigenvalue weighted by Crippen LogP contribution is 2.18. The third kappa shape index (κ3) is 3.27. The fourth-order valence-corrected chi connectivity index (χ4v) is 1.95. The second-order valence-corrected chi connectivity index (χ2v) is 4.90. The van der Waals surface area contributed by atoms with Gasteiger partial charge in [0.15, 0.2) is 0 Å². The van der Waals surface area contributed by atoms with E-state index < -0.39 is 5.82 Å². The van der Waals surface area contributed by atoms with Gasteiger partial charge in [-0.2, -0.15) is 0 Å². The van der Waals surface area contributed by atoms with E-state index in [4.69, 9.17) is 17.3 Å². The Morgan fingerprint density at radius 1 is 1.30 bits per heavy atom. The summed E-state index contributed by atoms with van der Waals surface area (Å²) in [5, 5.41) is 2.77. The van der Waals surface area contributed by atoms with Crippen molar-refractivity contribution in [2.45, 2.75) is 13.0 Å². The lowest BCUT2D eigenvalue weighted by Gasteiger charge is -2.15. The first-order valence-corrected chi connectivity index (χ1v) is 6.46. The van der Waals surface area contributed by atoms with Crippen LogP contribution in [0.15, 0.2) is 42.5 Å². The first kappa shape index (κ1) is 14.3. The molecular weight excluding hydrogens is 279 g/mol. The maximum Gasteiger partial charge on any atom is 0.251 e. The fraction of sp³-hybridized carbons (Fsp3) is 0.133. The molecule has 0 aliphatic heterocycles. The van der Waals surface area contributed by atoms with Gasteiger partial charge in [-0.05, 0) is 42.8 Å². The first-order valence-electron chi connectivity index (χ1n) is 6.08. The topological polar surface area (TPSA) is 55.1 Å². The second-order valence-electron chi connectivity index (χ2n) is 4.49. The van der Waals surface area contributed by atoms with E-state index in [-0.39, 0.29) is 22.5 Å². The molecule has 0 spiro atoms. The molecule has 1 amide bonds. The predicted octanol–water partition coefficient (Wildman–Crippen LogP) is 3.55. The molecule has 5 heteroatoms. The lowest BCUT2D eigenvalue weighted by Crippen LogP contribution is -2.26. The van der Waals surface area contributed by atoms with Crippen molar-refractivity contribution < 1.29 is 9.18 Å². The Balaban J connectivity index is 2.13. The van der Waals surface area contributed by atoms with Crippen molar-refractivity contribution in [3.63, 3.8) is 0 Å². The predicted molar refractivity (Wildman–Crippen MR) is 78.1 cm³/mol. The highest BCUT2D eigenvalue weighted by atomic mass is 35.5. The molecule has 0 saturated carbocycles. The van der Waals surface area contributed by atoms with Crippen LogP contribution in [-0.4, -0.2) is 5.91 Å². The normalized spacial score (nSPS) is 11.9. The third-order valence-corrected chi connectivity index (χ3v) is 3.25. The van der Waals surface area contributed by atoms with E-state index in [0.29, 0.717) is 5.69 Å². The summed E-state index contributed by atoms with van der Waals surface area (Å²) >= 11 is 5.58. The molecule has 0 aliphatic rings. The van der Waals surface area contributed by atoms with Gasteiger partial charge >= 0.3 is 0 Å². The van der Waals surface area contributed by atoms with E-state index in [9.17, 15) is 9.18 Å². The molecule has 1 atom stereocenters. The molecule has 104 valence electrons. The van der Waals surface area contributed by atoms with Gasteiger partial charge in [-0.15, -0.1) is 0 Å². The molecule has 2 aromatic carbocycles. The van der Waals surface area contributed by atoms with Crippen LogP contribution in [0.5, 0.6) is 0 Å². The number of benzene rings is 2. The van der Waals surface area contributed by atoms with Crippen molar-refractivity contribution in [1.29, 1.82) is 0 Å². The van der Waals surface area contributed by atoms with E-state index in [1.54, 1.807) is 12.1 Å². The molecule has 3 nitrogen and oxygen atoms in total. The number of nitrogens with one attached hydrogen (secondary N) is 1. The maximum atomic E-state index is 13.3. The minimum Gasteiger partial charge on any atom is -0.399 e. The number of nitrogen functional groups attached to an aromatic ring is 1. The summed E-state index contributed by atoms with van der Waals surface area (Å²) in [5.41, 5.74) is 7.43. The number of halogens is 2. The van der Waals surface area contributed by atoms with Gasteiger partial charge in [0.25, 0.3) is 5.91 Å². The fourth-order valence-electron chi connectivity index (χ4n) is 1.83. The molecule has 0 saturated heterocycles. The molecule has 2 aromatic rings. The van der Waals surface area contributed by atoms with E-state index in [0.717, 1.165) is 11.6 Å². The van der Waals surface area contributed by atoms with E-state index in [1.807, 2.05) is 19.1 Å². The van der Waals surface area contributed by atoms with Crippen LogP contribution >= 0.6 is 11.6 Å². The van der Waals surface area contributed by atoms with Crippen LogP contribution in [0.4, 0.5) is 10.1 Å². The maximum absolute atomic E-state index is 13.3. The van der Waals surface area contributed by atoms with Gasteiger partial charge in [-0.25, -0.2) is 4.39 Å². The quantitative estimate of drug-likeness (QED) is 0.850. The smallest absolute Gasteiger partial charge is 0.251 e. The molecular formula is C15H14ClFN2O. The van der Waals surface area contributed by atoms with Crippen molar-refractivity contribution >= 4 is 23.2 Å². The highest BCUT2D eigenvalue weighted by molar-refractivity contribution is 6.30. The van der Waals surface area contributed by atoms with E-state index >= 15 is 0 Å². The molecule has 0 fully saturated rings. The lowest BCUT2D eigenvalue weighted by molar-refractivity contribution is 0.0939. The zero-order chi connectivity index (χ0) is 14.7. The molecule has 2 rings (SSSR count). The number of carbonyl (C=O) groups is 1. The summed E-state index contributed by atoms with van der Waals surface area (Å²) < 4.78 is 13.3. The largest absolute Gasteiger partial charge is 0.399 e. The molecule has 0 aromatic heterocycles. The van der Waals surface area contributed by atoms with Gasteiger partial charge in [-0.1, -0.05) is 23.7 Å². The number of nitrogens with two attached hydrogens (primary N) is 1. The van der Waals surface area contributed by atoms with Gasteiger partial charge in [0.2, 0.25) is 0 Å². The summed E-state index contributed by atoms with van der Waals surface area (Å²) in [6, 6.07) is 11.0. The minimum absolute atomic E-state index is 0.00886. The lowest BCUT2D eigenvalue weighted by atomic mass is 10.1. The van der Waals surface area contributed by atoms with Crippen LogP contribution in [0.1, 0.15) is 28.9 Å². The molecule has 0 bridgehead atoms. The summed E-state index contributed by atoms with van der Waals surface area (Å²) in [5.74, 6) is -0.980. The number of hydrogen-bond donors (Lipinski definition) is 2. The standard InChI is InChI=1S/C15H14ClFN2O/c1-9(10-3-2-4-12(18)7-10)19-15(20)11-5-6-13(16)14(17)8-11/h2-9H,18H2,1H3,(H,19,20). The van der Waals surface area contributed by atoms with E-state index in [1.165, 1.54) is 12.1 Å². The first-order chi connectivity index (χ1) is 9.47. The number of rotatable bonds is 3. The minimum atomic E-state index is -0.615. The Hall–Kier alpha value is -2.07. The summed E-state index contributed by atoms with van der Waals surface area (Å²) in [6.07, 6.45) is 0. The van der Waals surface area contributed by atoms with Crippen LogP contribution in [0.3, 0.4) is 0 Å². The van der Waals surface area contributed by atoms with Gasteiger partial charge in [0.1, 0.15) is 5.82 Å². The third-order valence-electron chi connectivity index (χ3n) is 2.94. The Morgan fingerprint density at radius 3 is 2.70 bits per heavy atom. The molecule has 0 aliphatic carbocycles. The molecule has 1 unspecified atom stereocenters. The Morgan fingerprint density at radius 2 is 2.05 bits per heavy atom. The SMILES string of the molecule is CC(NC(=O)c1ccc(Cl)c(F)c1)c1cccc(N)c1. The van der Waals surface area contributed by atoms with Crippen LogP contribution in [0.2, 0.25) is 5.02 Å². The average Bonchev–Trinajstić information content (AvgIpc) is 2.41. The van der Waals surface area contributed by atoms with Crippen molar-refractivity contribution in [3.8, 4) is 0 Å². The molecule has 0 heterocycles. The van der Waals surface area contributed by atoms with Gasteiger partial charge in [0, 0.05) is 11.3 Å². The zero-order valence-corrected chi connectivity index (χ0v) is 11.6. The Kier molecular flexibility index (Phi) is 4.25. The van der Waals surface area contributed by atoms with Gasteiger partial charge < -0.3 is 11.1 Å². The van der Waals surface area contributed by atoms with Crippen LogP contribution < -0.4 is 11.1 Å². The Labute approximate surface area is 121 Å². The van der Waals surface area contributed by atoms with Crippen molar-refractivity contribution in [2.24, 2.45) is 0 Å². The van der Waals surface area contributed by atoms with Crippen molar-refractivity contribution in [2.75, 3.05) is 5.73 Å². The summed E-state index contributed by atoms with van der Waals surface area (Å²) in [6.45, 7) is 1.83. The van der Waals surface area contributed by atoms with Gasteiger partial charge in [0.05, 0.1) is 11.1 Å². The summed E-state index contributed by atoms with van der Waals surface area (Å²) in [4.78, 5) is 12.0.